The van der Waals surface area contributed by atoms with Gasteiger partial charge in [0.05, 0.1) is 0 Å². The second kappa shape index (κ2) is 6.16. The van der Waals surface area contributed by atoms with Gasteiger partial charge in [0, 0.05) is 6.54 Å². The Morgan fingerprint density at radius 2 is 2.44 bits per heavy atom. The molecule has 3 N–H and O–H groups in total. The Bertz CT molecular complexity index is 85.0. The molecular weight excluding hydrogens is 152 g/mol. The molecule has 0 aliphatic rings. The van der Waals surface area contributed by atoms with Crippen molar-refractivity contribution in [3.8, 4) is 0 Å². The van der Waals surface area contributed by atoms with Crippen LogP contribution in [0.25, 0.3) is 0 Å². The molecular formula is C5H12N2S2. The molecule has 0 bridgehead atoms. The molecule has 0 aromatic carbocycles. The summed E-state index contributed by atoms with van der Waals surface area (Å²) >= 11 is 6.43. The smallest absolute Gasteiger partial charge is 0.163 e. The number of hydrogen-bond donors (Lipinski definition) is 2. The number of thiocarbonyl (C=S) groups is 1. The van der Waals surface area contributed by atoms with E-state index in [2.05, 4.69) is 23.8 Å². The van der Waals surface area contributed by atoms with Crippen LogP contribution in [0.2, 0.25) is 0 Å². The van der Waals surface area contributed by atoms with Crippen molar-refractivity contribution in [2.45, 2.75) is 6.42 Å². The maximum absolute atomic E-state index is 5.19. The maximum atomic E-state index is 5.19. The van der Waals surface area contributed by atoms with Crippen molar-refractivity contribution < 1.29 is 0 Å². The van der Waals surface area contributed by atoms with Crippen molar-refractivity contribution in [1.82, 2.24) is 5.32 Å². The van der Waals surface area contributed by atoms with E-state index in [0.717, 1.165) is 18.7 Å². The summed E-state index contributed by atoms with van der Waals surface area (Å²) in [6, 6.07) is 0. The minimum Gasteiger partial charge on any atom is -0.376 e. The molecule has 0 aliphatic carbocycles. The summed E-state index contributed by atoms with van der Waals surface area (Å²) in [5.74, 6) is 1.16. The predicted octanol–water partition coefficient (Wildman–Crippen LogP) is 0.573. The quantitative estimate of drug-likeness (QED) is 0.471. The standard InChI is InChI=1S/C5H12N2S2/c1-9-4-2-3-7-5(6)8/h2-4H2,1H3,(H3,6,7,8). The first kappa shape index (κ1) is 9.04. The number of hydrogen-bond acceptors (Lipinski definition) is 2. The first-order valence-corrected chi connectivity index (χ1v) is 4.60. The number of thioether (sulfide) groups is 1. The fraction of sp³-hybridized carbons (Fsp3) is 0.800. The van der Waals surface area contributed by atoms with Crippen LogP contribution >= 0.6 is 24.0 Å². The molecule has 0 unspecified atom stereocenters. The van der Waals surface area contributed by atoms with E-state index in [4.69, 9.17) is 5.73 Å². The lowest BCUT2D eigenvalue weighted by atomic mass is 10.5. The Morgan fingerprint density at radius 3 is 2.89 bits per heavy atom. The Kier molecular flexibility index (Phi) is 6.19. The molecule has 0 radical (unpaired) electrons. The van der Waals surface area contributed by atoms with Crippen molar-refractivity contribution in [2.75, 3.05) is 18.6 Å². The van der Waals surface area contributed by atoms with Crippen molar-refractivity contribution in [2.24, 2.45) is 5.73 Å². The van der Waals surface area contributed by atoms with Gasteiger partial charge in [-0.3, -0.25) is 0 Å². The summed E-state index contributed by atoms with van der Waals surface area (Å²) < 4.78 is 0. The molecule has 54 valence electrons. The first-order valence-electron chi connectivity index (χ1n) is 2.79. The second-order valence-corrected chi connectivity index (χ2v) is 3.06. The van der Waals surface area contributed by atoms with Crippen LogP contribution in [-0.4, -0.2) is 23.7 Å². The molecule has 9 heavy (non-hydrogen) atoms. The lowest BCUT2D eigenvalue weighted by Gasteiger charge is -2.00. The molecule has 0 amide bonds. The lowest BCUT2D eigenvalue weighted by Crippen LogP contribution is -2.29. The highest BCUT2D eigenvalue weighted by Gasteiger charge is 1.85. The summed E-state index contributed by atoms with van der Waals surface area (Å²) in [6.45, 7) is 0.899. The fourth-order valence-corrected chi connectivity index (χ4v) is 0.963. The molecule has 2 nitrogen and oxygen atoms in total. The van der Waals surface area contributed by atoms with Gasteiger partial charge >= 0.3 is 0 Å². The van der Waals surface area contributed by atoms with Gasteiger partial charge in [0.15, 0.2) is 5.11 Å². The van der Waals surface area contributed by atoms with Gasteiger partial charge < -0.3 is 11.1 Å². The Labute approximate surface area is 65.6 Å². The molecule has 0 aliphatic heterocycles. The summed E-state index contributed by atoms with van der Waals surface area (Å²) in [6.07, 6.45) is 3.21. The van der Waals surface area contributed by atoms with E-state index in [9.17, 15) is 0 Å². The van der Waals surface area contributed by atoms with Crippen molar-refractivity contribution in [3.05, 3.63) is 0 Å². The first-order chi connectivity index (χ1) is 4.27. The Hall–Kier alpha value is 0.0400. The van der Waals surface area contributed by atoms with Crippen molar-refractivity contribution in [3.63, 3.8) is 0 Å². The second-order valence-electron chi connectivity index (χ2n) is 1.64. The molecule has 0 rings (SSSR count). The third-order valence-corrected chi connectivity index (χ3v) is 1.67. The molecule has 0 saturated heterocycles. The molecule has 0 atom stereocenters. The third kappa shape index (κ3) is 8.04. The van der Waals surface area contributed by atoms with E-state index < -0.39 is 0 Å². The van der Waals surface area contributed by atoms with Crippen LogP contribution in [0.1, 0.15) is 6.42 Å². The van der Waals surface area contributed by atoms with Gasteiger partial charge in [0.25, 0.3) is 0 Å². The number of nitrogens with one attached hydrogen (secondary N) is 1. The summed E-state index contributed by atoms with van der Waals surface area (Å²) in [7, 11) is 0. The molecule has 0 heterocycles. The SMILES string of the molecule is CSCCCNC(N)=S. The zero-order valence-electron chi connectivity index (χ0n) is 5.52. The zero-order chi connectivity index (χ0) is 7.11. The highest BCUT2D eigenvalue weighted by atomic mass is 32.2. The van der Waals surface area contributed by atoms with Crippen LogP contribution in [-0.2, 0) is 0 Å². The summed E-state index contributed by atoms with van der Waals surface area (Å²) in [4.78, 5) is 0. The topological polar surface area (TPSA) is 38.0 Å². The maximum Gasteiger partial charge on any atom is 0.163 e. The Morgan fingerprint density at radius 1 is 1.78 bits per heavy atom. The molecule has 0 aromatic rings. The normalized spacial score (nSPS) is 9.00. The van der Waals surface area contributed by atoms with Gasteiger partial charge in [-0.2, -0.15) is 11.8 Å². The van der Waals surface area contributed by atoms with Crippen LogP contribution in [0.15, 0.2) is 0 Å². The zero-order valence-corrected chi connectivity index (χ0v) is 7.15. The molecule has 0 aromatic heterocycles. The highest BCUT2D eigenvalue weighted by Crippen LogP contribution is 1.92. The van der Waals surface area contributed by atoms with E-state index >= 15 is 0 Å². The van der Waals surface area contributed by atoms with Gasteiger partial charge in [-0.15, -0.1) is 0 Å². The molecule has 0 fully saturated rings. The number of rotatable bonds is 4. The van der Waals surface area contributed by atoms with Crippen LogP contribution < -0.4 is 11.1 Å². The minimum absolute atomic E-state index is 0.399. The van der Waals surface area contributed by atoms with Crippen LogP contribution in [0.3, 0.4) is 0 Å². The van der Waals surface area contributed by atoms with Crippen LogP contribution in [0, 0.1) is 0 Å². The fourth-order valence-electron chi connectivity index (χ4n) is 0.428. The van der Waals surface area contributed by atoms with Crippen molar-refractivity contribution >= 4 is 29.1 Å². The van der Waals surface area contributed by atoms with Gasteiger partial charge in [0.1, 0.15) is 0 Å². The summed E-state index contributed by atoms with van der Waals surface area (Å²) in [5.41, 5.74) is 5.19. The average Bonchev–Trinajstić information content (AvgIpc) is 1.80. The summed E-state index contributed by atoms with van der Waals surface area (Å²) in [5, 5.41) is 3.28. The van der Waals surface area contributed by atoms with Crippen LogP contribution in [0.4, 0.5) is 0 Å². The van der Waals surface area contributed by atoms with Gasteiger partial charge in [0.2, 0.25) is 0 Å². The number of nitrogens with two attached hydrogens (primary N) is 1. The largest absolute Gasteiger partial charge is 0.376 e. The van der Waals surface area contributed by atoms with E-state index in [0.29, 0.717) is 5.11 Å². The van der Waals surface area contributed by atoms with E-state index in [1.807, 2.05) is 11.8 Å². The molecule has 0 spiro atoms. The van der Waals surface area contributed by atoms with Gasteiger partial charge in [-0.05, 0) is 30.6 Å². The monoisotopic (exact) mass is 164 g/mol. The average molecular weight is 164 g/mol. The van der Waals surface area contributed by atoms with Crippen molar-refractivity contribution in [1.29, 1.82) is 0 Å². The van der Waals surface area contributed by atoms with E-state index in [1.165, 1.54) is 0 Å². The minimum atomic E-state index is 0.399. The van der Waals surface area contributed by atoms with Gasteiger partial charge in [-0.1, -0.05) is 0 Å². The van der Waals surface area contributed by atoms with Crippen LogP contribution in [0.5, 0.6) is 0 Å². The molecule has 4 heteroatoms. The highest BCUT2D eigenvalue weighted by molar-refractivity contribution is 7.98. The Balaban J connectivity index is 2.83. The van der Waals surface area contributed by atoms with E-state index in [-0.39, 0.29) is 0 Å². The third-order valence-electron chi connectivity index (χ3n) is 0.824. The van der Waals surface area contributed by atoms with E-state index in [1.54, 1.807) is 0 Å². The molecule has 0 saturated carbocycles. The van der Waals surface area contributed by atoms with Gasteiger partial charge in [-0.25, -0.2) is 0 Å². The predicted molar refractivity (Wildman–Crippen MR) is 47.8 cm³/mol. The lowest BCUT2D eigenvalue weighted by molar-refractivity contribution is 0.851.